The van der Waals surface area contributed by atoms with Gasteiger partial charge in [-0.1, -0.05) is 6.58 Å². The van der Waals surface area contributed by atoms with Crippen LogP contribution in [0.5, 0.6) is 5.88 Å². The minimum Gasteiger partial charge on any atom is -0.478 e. The van der Waals surface area contributed by atoms with Crippen molar-refractivity contribution in [2.45, 2.75) is 39.2 Å². The summed E-state index contributed by atoms with van der Waals surface area (Å²) in [6.07, 6.45) is -1.07. The van der Waals surface area contributed by atoms with Crippen LogP contribution < -0.4 is 10.4 Å². The molecule has 136 valence electrons. The molecule has 0 radical (unpaired) electrons. The van der Waals surface area contributed by atoms with Crippen molar-refractivity contribution in [3.8, 4) is 5.88 Å². The Kier molecular flexibility index (Phi) is 5.92. The molecule has 9 nitrogen and oxygen atoms in total. The number of hydrogen-bond donors (Lipinski definition) is 0. The molecule has 2 rings (SSSR count). The average molecular weight is 352 g/mol. The standard InChI is InChI=1S/C16H20N2O7/c1-5-22-13-6-7-18(16(21)17-13)15-9(2)14(24-11(4)20)12(25-15)8-23-10(3)19/h6-7,12,14-15H,2,5,8H2,1,3-4H3/t12-,14?,15-/m1/s1. The van der Waals surface area contributed by atoms with E-state index in [9.17, 15) is 14.4 Å². The molecule has 1 saturated heterocycles. The van der Waals surface area contributed by atoms with Crippen molar-refractivity contribution < 1.29 is 28.5 Å². The Hall–Kier alpha value is -2.68. The molecule has 1 aromatic heterocycles. The Morgan fingerprint density at radius 2 is 2.08 bits per heavy atom. The average Bonchev–Trinajstić information content (AvgIpc) is 2.82. The second kappa shape index (κ2) is 7.93. The van der Waals surface area contributed by atoms with Crippen LogP contribution in [0.3, 0.4) is 0 Å². The Labute approximate surface area is 144 Å². The summed E-state index contributed by atoms with van der Waals surface area (Å²) in [5.74, 6) is -0.847. The summed E-state index contributed by atoms with van der Waals surface area (Å²) in [5.41, 5.74) is -0.257. The number of esters is 2. The number of rotatable bonds is 6. The molecule has 1 aliphatic rings. The van der Waals surface area contributed by atoms with Gasteiger partial charge in [0.1, 0.15) is 12.7 Å². The highest BCUT2D eigenvalue weighted by molar-refractivity contribution is 5.67. The largest absolute Gasteiger partial charge is 0.478 e. The van der Waals surface area contributed by atoms with Crippen molar-refractivity contribution in [3.05, 3.63) is 34.9 Å². The fourth-order valence-corrected chi connectivity index (χ4v) is 2.41. The maximum atomic E-state index is 12.2. The lowest BCUT2D eigenvalue weighted by molar-refractivity contribution is -0.155. The fraction of sp³-hybridized carbons (Fsp3) is 0.500. The third-order valence-electron chi connectivity index (χ3n) is 3.42. The van der Waals surface area contributed by atoms with E-state index in [1.165, 1.54) is 30.7 Å². The molecule has 0 aromatic carbocycles. The molecule has 0 N–H and O–H groups in total. The summed E-state index contributed by atoms with van der Waals surface area (Å²) in [7, 11) is 0. The summed E-state index contributed by atoms with van der Waals surface area (Å²) in [4.78, 5) is 38.4. The highest BCUT2D eigenvalue weighted by Gasteiger charge is 2.43. The predicted octanol–water partition coefficient (Wildman–Crippen LogP) is 0.590. The zero-order chi connectivity index (χ0) is 18.6. The minimum atomic E-state index is -0.902. The van der Waals surface area contributed by atoms with Crippen molar-refractivity contribution in [2.75, 3.05) is 13.2 Å². The van der Waals surface area contributed by atoms with Crippen LogP contribution in [0.25, 0.3) is 0 Å². The number of ether oxygens (including phenoxy) is 4. The van der Waals surface area contributed by atoms with Gasteiger partial charge in [-0.05, 0) is 6.92 Å². The van der Waals surface area contributed by atoms with Crippen LogP contribution in [-0.2, 0) is 23.8 Å². The number of hydrogen-bond acceptors (Lipinski definition) is 8. The van der Waals surface area contributed by atoms with Crippen molar-refractivity contribution >= 4 is 11.9 Å². The van der Waals surface area contributed by atoms with Crippen molar-refractivity contribution in [1.29, 1.82) is 0 Å². The molecule has 25 heavy (non-hydrogen) atoms. The van der Waals surface area contributed by atoms with E-state index < -0.39 is 36.1 Å². The number of carbonyl (C=O) groups is 2. The first-order valence-electron chi connectivity index (χ1n) is 7.70. The second-order valence-electron chi connectivity index (χ2n) is 5.32. The third kappa shape index (κ3) is 4.44. The van der Waals surface area contributed by atoms with Crippen LogP contribution in [0, 0.1) is 0 Å². The molecule has 1 aliphatic heterocycles. The second-order valence-corrected chi connectivity index (χ2v) is 5.32. The van der Waals surface area contributed by atoms with Gasteiger partial charge in [-0.25, -0.2) is 4.79 Å². The number of carbonyl (C=O) groups excluding carboxylic acids is 2. The minimum absolute atomic E-state index is 0.137. The van der Waals surface area contributed by atoms with Crippen molar-refractivity contribution in [1.82, 2.24) is 9.55 Å². The van der Waals surface area contributed by atoms with E-state index in [2.05, 4.69) is 11.6 Å². The quantitative estimate of drug-likeness (QED) is 0.541. The van der Waals surface area contributed by atoms with Gasteiger partial charge in [0.15, 0.2) is 12.3 Å². The molecule has 1 aromatic rings. The van der Waals surface area contributed by atoms with E-state index in [0.717, 1.165) is 0 Å². The van der Waals surface area contributed by atoms with Gasteiger partial charge < -0.3 is 18.9 Å². The van der Waals surface area contributed by atoms with Crippen LogP contribution in [0.4, 0.5) is 0 Å². The first-order chi connectivity index (χ1) is 11.8. The van der Waals surface area contributed by atoms with Gasteiger partial charge in [-0.2, -0.15) is 4.98 Å². The lowest BCUT2D eigenvalue weighted by atomic mass is 10.1. The smallest absolute Gasteiger partial charge is 0.353 e. The van der Waals surface area contributed by atoms with Crippen LogP contribution in [0.2, 0.25) is 0 Å². The molecular formula is C16H20N2O7. The van der Waals surface area contributed by atoms with Crippen LogP contribution in [0.1, 0.15) is 27.0 Å². The van der Waals surface area contributed by atoms with E-state index in [-0.39, 0.29) is 12.5 Å². The predicted molar refractivity (Wildman–Crippen MR) is 84.9 cm³/mol. The topological polar surface area (TPSA) is 106 Å². The molecule has 1 fully saturated rings. The van der Waals surface area contributed by atoms with Crippen LogP contribution >= 0.6 is 0 Å². The summed E-state index contributed by atoms with van der Waals surface area (Å²) in [6, 6.07) is 1.52. The SMILES string of the molecule is C=C1C(OC(C)=O)[C@@H](COC(C)=O)O[C@H]1n1ccc(OCC)nc1=O. The van der Waals surface area contributed by atoms with Gasteiger partial charge in [-0.3, -0.25) is 14.2 Å². The first kappa shape index (κ1) is 18.7. The summed E-state index contributed by atoms with van der Waals surface area (Å²) < 4.78 is 22.3. The van der Waals surface area contributed by atoms with Gasteiger partial charge in [0.2, 0.25) is 5.88 Å². The fourth-order valence-electron chi connectivity index (χ4n) is 2.41. The monoisotopic (exact) mass is 352 g/mol. The normalized spacial score (nSPS) is 22.5. The molecule has 2 heterocycles. The van der Waals surface area contributed by atoms with E-state index in [0.29, 0.717) is 12.2 Å². The number of nitrogens with zero attached hydrogens (tertiary/aromatic N) is 2. The van der Waals surface area contributed by atoms with E-state index in [4.69, 9.17) is 18.9 Å². The molecule has 0 spiro atoms. The van der Waals surface area contributed by atoms with Gasteiger partial charge in [0.25, 0.3) is 0 Å². The third-order valence-corrected chi connectivity index (χ3v) is 3.42. The van der Waals surface area contributed by atoms with E-state index in [1.54, 1.807) is 6.92 Å². The zero-order valence-corrected chi connectivity index (χ0v) is 14.3. The Balaban J connectivity index is 2.26. The highest BCUT2D eigenvalue weighted by Crippen LogP contribution is 2.34. The maximum absolute atomic E-state index is 12.2. The Morgan fingerprint density at radius 3 is 2.64 bits per heavy atom. The molecule has 0 saturated carbocycles. The summed E-state index contributed by atoms with van der Waals surface area (Å²) >= 11 is 0. The van der Waals surface area contributed by atoms with Crippen molar-refractivity contribution in [2.24, 2.45) is 0 Å². The molecule has 9 heteroatoms. The lowest BCUT2D eigenvalue weighted by Crippen LogP contribution is -2.32. The van der Waals surface area contributed by atoms with E-state index in [1.807, 2.05) is 0 Å². The molecule has 1 unspecified atom stereocenters. The van der Waals surface area contributed by atoms with Crippen LogP contribution in [-0.4, -0.2) is 46.9 Å². The Bertz CT molecular complexity index is 727. The van der Waals surface area contributed by atoms with Gasteiger partial charge >= 0.3 is 17.6 Å². The summed E-state index contributed by atoms with van der Waals surface area (Å²) in [5, 5.41) is 0. The zero-order valence-electron chi connectivity index (χ0n) is 14.3. The first-order valence-corrected chi connectivity index (χ1v) is 7.70. The van der Waals surface area contributed by atoms with E-state index >= 15 is 0 Å². The molecule has 0 bridgehead atoms. The summed E-state index contributed by atoms with van der Waals surface area (Å²) in [6.45, 7) is 8.38. The van der Waals surface area contributed by atoms with Gasteiger partial charge in [0, 0.05) is 31.7 Å². The van der Waals surface area contributed by atoms with Crippen LogP contribution in [0.15, 0.2) is 29.2 Å². The number of aromatic nitrogens is 2. The molecular weight excluding hydrogens is 332 g/mol. The Morgan fingerprint density at radius 1 is 1.36 bits per heavy atom. The molecule has 0 aliphatic carbocycles. The van der Waals surface area contributed by atoms with Crippen molar-refractivity contribution in [3.63, 3.8) is 0 Å². The molecule has 0 amide bonds. The van der Waals surface area contributed by atoms with Gasteiger partial charge in [-0.15, -0.1) is 0 Å². The lowest BCUT2D eigenvalue weighted by Gasteiger charge is -2.17. The maximum Gasteiger partial charge on any atom is 0.353 e. The molecule has 3 atom stereocenters. The highest BCUT2D eigenvalue weighted by atomic mass is 16.6. The van der Waals surface area contributed by atoms with Gasteiger partial charge in [0.05, 0.1) is 6.61 Å².